The average molecular weight is 221 g/mol. The van der Waals surface area contributed by atoms with E-state index in [0.717, 1.165) is 25.3 Å². The minimum absolute atomic E-state index is 0.168. The van der Waals surface area contributed by atoms with Gasteiger partial charge in [0.2, 0.25) is 0 Å². The first-order valence-corrected chi connectivity index (χ1v) is 5.52. The lowest BCUT2D eigenvalue weighted by molar-refractivity contribution is 0.150. The molecule has 1 heterocycles. The second-order valence-corrected chi connectivity index (χ2v) is 3.97. The van der Waals surface area contributed by atoms with Crippen LogP contribution in [0.5, 0.6) is 0 Å². The molecule has 0 radical (unpaired) electrons. The van der Waals surface area contributed by atoms with E-state index >= 15 is 0 Å². The summed E-state index contributed by atoms with van der Waals surface area (Å²) in [7, 11) is 0. The highest BCUT2D eigenvalue weighted by Gasteiger charge is 2.06. The van der Waals surface area contributed by atoms with E-state index in [1.807, 2.05) is 6.07 Å². The highest BCUT2D eigenvalue weighted by atomic mass is 19.1. The first kappa shape index (κ1) is 11.1. The summed E-state index contributed by atoms with van der Waals surface area (Å²) in [5.74, 6) is -0.168. The quantitative estimate of drug-likeness (QED) is 0.792. The molecular weight excluding hydrogens is 205 g/mol. The van der Waals surface area contributed by atoms with Crippen LogP contribution in [-0.4, -0.2) is 19.8 Å². The van der Waals surface area contributed by atoms with Crippen LogP contribution in [0.1, 0.15) is 12.0 Å². The predicted molar refractivity (Wildman–Crippen MR) is 63.1 cm³/mol. The number of ether oxygens (including phenoxy) is 1. The van der Waals surface area contributed by atoms with Gasteiger partial charge in [-0.05, 0) is 31.1 Å². The fourth-order valence-electron chi connectivity index (χ4n) is 1.74. The number of hydrogen-bond acceptors (Lipinski definition) is 2. The lowest BCUT2D eigenvalue weighted by Gasteiger charge is -2.16. The average Bonchev–Trinajstić information content (AvgIpc) is 2.32. The van der Waals surface area contributed by atoms with Crippen molar-refractivity contribution in [2.75, 3.05) is 25.1 Å². The molecule has 0 amide bonds. The normalized spacial score (nSPS) is 15.8. The van der Waals surface area contributed by atoms with E-state index in [9.17, 15) is 4.39 Å². The molecular formula is C13H16FNO. The maximum Gasteiger partial charge on any atom is 0.128 e. The summed E-state index contributed by atoms with van der Waals surface area (Å²) in [6, 6.07) is 5.09. The molecule has 0 aromatic heterocycles. The molecule has 0 fully saturated rings. The minimum Gasteiger partial charge on any atom is -0.381 e. The van der Waals surface area contributed by atoms with Gasteiger partial charge in [-0.1, -0.05) is 12.1 Å². The Morgan fingerprint density at radius 3 is 3.06 bits per heavy atom. The summed E-state index contributed by atoms with van der Waals surface area (Å²) in [5, 5.41) is 3.24. The van der Waals surface area contributed by atoms with Gasteiger partial charge in [0.25, 0.3) is 0 Å². The predicted octanol–water partition coefficient (Wildman–Crippen LogP) is 2.89. The minimum atomic E-state index is -0.168. The van der Waals surface area contributed by atoms with Crippen LogP contribution in [0.2, 0.25) is 0 Å². The van der Waals surface area contributed by atoms with E-state index < -0.39 is 0 Å². The second kappa shape index (κ2) is 5.12. The zero-order valence-corrected chi connectivity index (χ0v) is 9.42. The Labute approximate surface area is 95.1 Å². The van der Waals surface area contributed by atoms with Crippen LogP contribution in [0.4, 0.5) is 10.1 Å². The van der Waals surface area contributed by atoms with E-state index in [4.69, 9.17) is 4.74 Å². The van der Waals surface area contributed by atoms with Crippen molar-refractivity contribution in [2.24, 2.45) is 0 Å². The van der Waals surface area contributed by atoms with Gasteiger partial charge in [0.05, 0.1) is 13.2 Å². The van der Waals surface area contributed by atoms with Gasteiger partial charge in [-0.2, -0.15) is 0 Å². The van der Waals surface area contributed by atoms with Gasteiger partial charge >= 0.3 is 0 Å². The zero-order valence-electron chi connectivity index (χ0n) is 9.42. The van der Waals surface area contributed by atoms with Crippen LogP contribution in [0.15, 0.2) is 29.8 Å². The van der Waals surface area contributed by atoms with Crippen LogP contribution in [-0.2, 0) is 4.74 Å². The van der Waals surface area contributed by atoms with E-state index in [1.165, 1.54) is 11.6 Å². The Bertz CT molecular complexity index is 401. The molecule has 3 heteroatoms. The maximum atomic E-state index is 13.3. The van der Waals surface area contributed by atoms with Gasteiger partial charge in [0.15, 0.2) is 0 Å². The molecule has 0 spiro atoms. The van der Waals surface area contributed by atoms with Crippen molar-refractivity contribution >= 4 is 5.69 Å². The highest BCUT2D eigenvalue weighted by molar-refractivity contribution is 5.51. The molecule has 1 N–H and O–H groups in total. The molecule has 1 aliphatic rings. The summed E-state index contributed by atoms with van der Waals surface area (Å²) in [6.45, 7) is 4.00. The molecule has 0 saturated carbocycles. The van der Waals surface area contributed by atoms with Crippen molar-refractivity contribution < 1.29 is 9.13 Å². The standard InChI is InChI=1S/C13H16FNO/c1-10-12(14)5-2-6-13(10)15-8-11-4-3-7-16-9-11/h2,4-6,15H,3,7-9H2,1H3. The zero-order chi connectivity index (χ0) is 11.4. The molecule has 0 aliphatic carbocycles. The van der Waals surface area contributed by atoms with Gasteiger partial charge in [-0.15, -0.1) is 0 Å². The first-order chi connectivity index (χ1) is 7.77. The molecule has 0 unspecified atom stereocenters. The monoisotopic (exact) mass is 221 g/mol. The van der Waals surface area contributed by atoms with Crippen molar-refractivity contribution in [3.05, 3.63) is 41.2 Å². The molecule has 2 nitrogen and oxygen atoms in total. The van der Waals surface area contributed by atoms with Crippen molar-refractivity contribution in [3.63, 3.8) is 0 Å². The second-order valence-electron chi connectivity index (χ2n) is 3.97. The molecule has 0 saturated heterocycles. The lowest BCUT2D eigenvalue weighted by Crippen LogP contribution is -2.14. The van der Waals surface area contributed by atoms with E-state index in [1.54, 1.807) is 13.0 Å². The summed E-state index contributed by atoms with van der Waals surface area (Å²) in [4.78, 5) is 0. The Morgan fingerprint density at radius 1 is 1.44 bits per heavy atom. The molecule has 1 aromatic rings. The molecule has 1 aliphatic heterocycles. The smallest absolute Gasteiger partial charge is 0.128 e. The highest BCUT2D eigenvalue weighted by Crippen LogP contribution is 2.18. The number of benzene rings is 1. The molecule has 2 rings (SSSR count). The summed E-state index contributed by atoms with van der Waals surface area (Å²) in [6.07, 6.45) is 3.16. The molecule has 0 bridgehead atoms. The lowest BCUT2D eigenvalue weighted by atomic mass is 10.1. The SMILES string of the molecule is Cc1c(F)cccc1NCC1=CCCOC1. The van der Waals surface area contributed by atoms with Gasteiger partial charge in [-0.3, -0.25) is 0 Å². The number of nitrogens with one attached hydrogen (secondary N) is 1. The number of halogens is 1. The number of anilines is 1. The van der Waals surface area contributed by atoms with E-state index in [-0.39, 0.29) is 5.82 Å². The van der Waals surface area contributed by atoms with Crippen molar-refractivity contribution in [2.45, 2.75) is 13.3 Å². The van der Waals surface area contributed by atoms with Gasteiger partial charge in [0.1, 0.15) is 5.82 Å². The molecule has 86 valence electrons. The van der Waals surface area contributed by atoms with Gasteiger partial charge in [-0.25, -0.2) is 4.39 Å². The van der Waals surface area contributed by atoms with Gasteiger partial charge < -0.3 is 10.1 Å². The molecule has 1 aromatic carbocycles. The fraction of sp³-hybridized carbons (Fsp3) is 0.385. The third-order valence-electron chi connectivity index (χ3n) is 2.76. The number of rotatable bonds is 3. The van der Waals surface area contributed by atoms with Crippen LogP contribution >= 0.6 is 0 Å². The first-order valence-electron chi connectivity index (χ1n) is 5.52. The molecule has 16 heavy (non-hydrogen) atoms. The summed E-state index contributed by atoms with van der Waals surface area (Å²) in [5.41, 5.74) is 2.75. The number of hydrogen-bond donors (Lipinski definition) is 1. The van der Waals surface area contributed by atoms with Crippen molar-refractivity contribution in [1.82, 2.24) is 0 Å². The third-order valence-corrected chi connectivity index (χ3v) is 2.76. The van der Waals surface area contributed by atoms with Crippen LogP contribution in [0.25, 0.3) is 0 Å². The Balaban J connectivity index is 1.99. The Hall–Kier alpha value is -1.35. The third kappa shape index (κ3) is 2.61. The van der Waals surface area contributed by atoms with Crippen LogP contribution in [0, 0.1) is 12.7 Å². The van der Waals surface area contributed by atoms with Gasteiger partial charge in [0, 0.05) is 17.8 Å². The topological polar surface area (TPSA) is 21.3 Å². The van der Waals surface area contributed by atoms with Crippen LogP contribution in [0.3, 0.4) is 0 Å². The maximum absolute atomic E-state index is 13.3. The summed E-state index contributed by atoms with van der Waals surface area (Å²) >= 11 is 0. The van der Waals surface area contributed by atoms with Crippen molar-refractivity contribution in [1.29, 1.82) is 0 Å². The molecule has 0 atom stereocenters. The van der Waals surface area contributed by atoms with E-state index in [0.29, 0.717) is 12.2 Å². The summed E-state index contributed by atoms with van der Waals surface area (Å²) < 4.78 is 18.6. The fourth-order valence-corrected chi connectivity index (χ4v) is 1.74. The van der Waals surface area contributed by atoms with Crippen molar-refractivity contribution in [3.8, 4) is 0 Å². The largest absolute Gasteiger partial charge is 0.381 e. The Kier molecular flexibility index (Phi) is 3.57. The van der Waals surface area contributed by atoms with E-state index in [2.05, 4.69) is 11.4 Å². The van der Waals surface area contributed by atoms with Crippen LogP contribution < -0.4 is 5.32 Å². The Morgan fingerprint density at radius 2 is 2.31 bits per heavy atom.